The van der Waals surface area contributed by atoms with E-state index in [1.54, 1.807) is 11.3 Å². The molecule has 0 aliphatic carbocycles. The summed E-state index contributed by atoms with van der Waals surface area (Å²) in [6.45, 7) is 3.97. The monoisotopic (exact) mass is 223 g/mol. The summed E-state index contributed by atoms with van der Waals surface area (Å²) in [6.07, 6.45) is 0. The summed E-state index contributed by atoms with van der Waals surface area (Å²) in [5, 5.41) is 13.2. The van der Waals surface area contributed by atoms with Crippen molar-refractivity contribution in [3.8, 4) is 10.8 Å². The lowest BCUT2D eigenvalue weighted by atomic mass is 10.4. The van der Waals surface area contributed by atoms with Crippen molar-refractivity contribution in [1.82, 2.24) is 15.5 Å². The fourth-order valence-electron chi connectivity index (χ4n) is 1.18. The van der Waals surface area contributed by atoms with Crippen molar-refractivity contribution in [2.24, 2.45) is 0 Å². The van der Waals surface area contributed by atoms with Crippen molar-refractivity contribution in [1.29, 1.82) is 0 Å². The van der Waals surface area contributed by atoms with Crippen LogP contribution in [0.2, 0.25) is 0 Å². The molecule has 0 spiro atoms. The van der Waals surface area contributed by atoms with Gasteiger partial charge in [-0.15, -0.1) is 10.2 Å². The van der Waals surface area contributed by atoms with E-state index in [0.29, 0.717) is 0 Å². The highest BCUT2D eigenvalue weighted by Gasteiger charge is 2.13. The van der Waals surface area contributed by atoms with Crippen LogP contribution < -0.4 is 5.32 Å². The molecule has 0 fully saturated rings. The van der Waals surface area contributed by atoms with Crippen molar-refractivity contribution >= 4 is 11.3 Å². The number of aryl methyl sites for hydroxylation is 1. The van der Waals surface area contributed by atoms with Crippen LogP contribution in [0.5, 0.6) is 0 Å². The van der Waals surface area contributed by atoms with Gasteiger partial charge in [-0.3, -0.25) is 0 Å². The van der Waals surface area contributed by atoms with Crippen molar-refractivity contribution in [3.05, 3.63) is 22.9 Å². The van der Waals surface area contributed by atoms with Crippen molar-refractivity contribution in [2.75, 3.05) is 7.05 Å². The summed E-state index contributed by atoms with van der Waals surface area (Å²) < 4.78 is 5.48. The average Bonchev–Trinajstić information content (AvgIpc) is 2.84. The fraction of sp³-hybridized carbons (Fsp3) is 0.400. The van der Waals surface area contributed by atoms with Gasteiger partial charge in [-0.2, -0.15) is 0 Å². The number of nitrogens with zero attached hydrogens (tertiary/aromatic N) is 2. The van der Waals surface area contributed by atoms with Crippen LogP contribution in [0.15, 0.2) is 16.5 Å². The van der Waals surface area contributed by atoms with E-state index in [2.05, 4.69) is 22.4 Å². The van der Waals surface area contributed by atoms with Gasteiger partial charge in [0, 0.05) is 0 Å². The quantitative estimate of drug-likeness (QED) is 0.868. The van der Waals surface area contributed by atoms with E-state index in [4.69, 9.17) is 4.42 Å². The zero-order valence-electron chi connectivity index (χ0n) is 8.94. The molecule has 5 heteroatoms. The van der Waals surface area contributed by atoms with Gasteiger partial charge in [0.25, 0.3) is 0 Å². The highest BCUT2D eigenvalue weighted by atomic mass is 32.1. The van der Waals surface area contributed by atoms with Crippen LogP contribution >= 0.6 is 11.3 Å². The SMILES string of the molecule is CNC(C)c1nnc(-c2ccc(C)o2)s1. The first-order chi connectivity index (χ1) is 7.20. The minimum absolute atomic E-state index is 0.229. The Morgan fingerprint density at radius 2 is 2.20 bits per heavy atom. The molecular weight excluding hydrogens is 210 g/mol. The van der Waals surface area contributed by atoms with Crippen molar-refractivity contribution < 1.29 is 4.42 Å². The molecule has 2 aromatic heterocycles. The molecule has 1 unspecified atom stereocenters. The highest BCUT2D eigenvalue weighted by molar-refractivity contribution is 7.14. The normalized spacial score (nSPS) is 13.0. The zero-order chi connectivity index (χ0) is 10.8. The van der Waals surface area contributed by atoms with Crippen LogP contribution in [0.25, 0.3) is 10.8 Å². The van der Waals surface area contributed by atoms with Crippen molar-refractivity contribution in [3.63, 3.8) is 0 Å². The molecule has 0 bridgehead atoms. The van der Waals surface area contributed by atoms with E-state index in [0.717, 1.165) is 21.5 Å². The Hall–Kier alpha value is -1.20. The molecule has 0 aliphatic heterocycles. The number of hydrogen-bond donors (Lipinski definition) is 1. The molecule has 2 rings (SSSR count). The lowest BCUT2D eigenvalue weighted by Crippen LogP contribution is -2.11. The van der Waals surface area contributed by atoms with Gasteiger partial charge in [-0.25, -0.2) is 0 Å². The minimum Gasteiger partial charge on any atom is -0.459 e. The first kappa shape index (κ1) is 10.3. The maximum atomic E-state index is 5.48. The van der Waals surface area contributed by atoms with E-state index in [1.807, 2.05) is 26.1 Å². The molecule has 15 heavy (non-hydrogen) atoms. The number of nitrogens with one attached hydrogen (secondary N) is 1. The van der Waals surface area contributed by atoms with E-state index >= 15 is 0 Å². The molecule has 0 amide bonds. The third-order valence-electron chi connectivity index (χ3n) is 2.20. The second-order valence-electron chi connectivity index (χ2n) is 3.37. The first-order valence-corrected chi connectivity index (χ1v) is 5.60. The van der Waals surface area contributed by atoms with Gasteiger partial charge in [0.05, 0.1) is 6.04 Å². The molecule has 80 valence electrons. The predicted octanol–water partition coefficient (Wildman–Crippen LogP) is 2.39. The minimum atomic E-state index is 0.229. The molecule has 0 saturated heterocycles. The molecule has 4 nitrogen and oxygen atoms in total. The zero-order valence-corrected chi connectivity index (χ0v) is 9.76. The molecule has 2 aromatic rings. The Labute approximate surface area is 92.3 Å². The van der Waals surface area contributed by atoms with Crippen LogP contribution in [0, 0.1) is 6.92 Å². The predicted molar refractivity (Wildman–Crippen MR) is 59.8 cm³/mol. The lowest BCUT2D eigenvalue weighted by Gasteiger charge is -2.02. The van der Waals surface area contributed by atoms with Crippen LogP contribution in [0.1, 0.15) is 23.7 Å². The van der Waals surface area contributed by atoms with E-state index < -0.39 is 0 Å². The van der Waals surface area contributed by atoms with Crippen LogP contribution in [-0.4, -0.2) is 17.2 Å². The molecule has 0 saturated carbocycles. The fourth-order valence-corrected chi connectivity index (χ4v) is 2.05. The molecule has 1 atom stereocenters. The van der Waals surface area contributed by atoms with Crippen LogP contribution in [0.3, 0.4) is 0 Å². The Morgan fingerprint density at radius 1 is 1.40 bits per heavy atom. The first-order valence-electron chi connectivity index (χ1n) is 4.78. The third kappa shape index (κ3) is 2.08. The third-order valence-corrected chi connectivity index (χ3v) is 3.32. The molecule has 0 aliphatic rings. The van der Waals surface area contributed by atoms with Gasteiger partial charge in [-0.05, 0) is 33.0 Å². The van der Waals surface area contributed by atoms with Gasteiger partial charge in [0.2, 0.25) is 0 Å². The van der Waals surface area contributed by atoms with E-state index in [1.165, 1.54) is 0 Å². The maximum absolute atomic E-state index is 5.48. The van der Waals surface area contributed by atoms with Gasteiger partial charge in [0.15, 0.2) is 10.8 Å². The van der Waals surface area contributed by atoms with Crippen LogP contribution in [-0.2, 0) is 0 Å². The second-order valence-corrected chi connectivity index (χ2v) is 4.38. The highest BCUT2D eigenvalue weighted by Crippen LogP contribution is 2.27. The Bertz CT molecular complexity index is 449. The summed E-state index contributed by atoms with van der Waals surface area (Å²) >= 11 is 1.55. The van der Waals surface area contributed by atoms with Crippen molar-refractivity contribution in [2.45, 2.75) is 19.9 Å². The lowest BCUT2D eigenvalue weighted by molar-refractivity contribution is 0.547. The van der Waals surface area contributed by atoms with Gasteiger partial charge in [-0.1, -0.05) is 11.3 Å². The molecule has 2 heterocycles. The summed E-state index contributed by atoms with van der Waals surface area (Å²) in [5.74, 6) is 1.68. The standard InChI is InChI=1S/C10H13N3OS/c1-6-4-5-8(14-6)10-13-12-9(15-10)7(2)11-3/h4-5,7,11H,1-3H3. The smallest absolute Gasteiger partial charge is 0.183 e. The number of furan rings is 1. The van der Waals surface area contributed by atoms with Crippen LogP contribution in [0.4, 0.5) is 0 Å². The molecule has 1 N–H and O–H groups in total. The Morgan fingerprint density at radius 3 is 2.80 bits per heavy atom. The summed E-state index contributed by atoms with van der Waals surface area (Å²) in [7, 11) is 1.91. The van der Waals surface area contributed by atoms with E-state index in [-0.39, 0.29) is 6.04 Å². The maximum Gasteiger partial charge on any atom is 0.183 e. The molecular formula is C10H13N3OS. The summed E-state index contributed by atoms with van der Waals surface area (Å²) in [6, 6.07) is 4.08. The number of hydrogen-bond acceptors (Lipinski definition) is 5. The summed E-state index contributed by atoms with van der Waals surface area (Å²) in [5.41, 5.74) is 0. The van der Waals surface area contributed by atoms with Gasteiger partial charge < -0.3 is 9.73 Å². The molecule has 0 aromatic carbocycles. The topological polar surface area (TPSA) is 51.0 Å². The summed E-state index contributed by atoms with van der Waals surface area (Å²) in [4.78, 5) is 0. The second kappa shape index (κ2) is 4.12. The van der Waals surface area contributed by atoms with Gasteiger partial charge >= 0.3 is 0 Å². The average molecular weight is 223 g/mol. The largest absolute Gasteiger partial charge is 0.459 e. The van der Waals surface area contributed by atoms with E-state index in [9.17, 15) is 0 Å². The Balaban J connectivity index is 2.27. The molecule has 0 radical (unpaired) electrons. The van der Waals surface area contributed by atoms with Gasteiger partial charge in [0.1, 0.15) is 10.8 Å². The number of rotatable bonds is 3. The Kier molecular flexibility index (Phi) is 2.83. The number of aromatic nitrogens is 2.